The van der Waals surface area contributed by atoms with Crippen LogP contribution >= 0.6 is 0 Å². The Morgan fingerprint density at radius 2 is 0.915 bits per heavy atom. The predicted molar refractivity (Wildman–Crippen MR) is 254 cm³/mol. The van der Waals surface area contributed by atoms with E-state index in [0.717, 1.165) is 83.5 Å². The van der Waals surface area contributed by atoms with Crippen molar-refractivity contribution in [2.45, 2.75) is 232 Å². The van der Waals surface area contributed by atoms with Crippen LogP contribution in [-0.4, -0.2) is 46.9 Å². The van der Waals surface area contributed by atoms with Gasteiger partial charge in [0.15, 0.2) is 0 Å². The Morgan fingerprint density at radius 3 is 1.42 bits per heavy atom. The third kappa shape index (κ3) is 41.6. The standard InChI is InChI=1S/C53H91NO5/c1-4-7-10-13-16-19-21-23-25-27-28-30-33-35-38-41-44-49(47-52(57)54-50(48-55)51(56)45-42-39-36-32-18-15-12-9-6-3)59-53(58)46-43-40-37-34-31-29-26-24-22-20-17-14-11-8-5-2/h8,11,14,17,20,22,24-31,49-51,55-56H,4-7,9-10,12-13,15-16,18-19,21,23,32-48H2,1-3H3,(H,54,57)/b11-8+,17-14+,22-20-,26-24-,27-25+,30-28+,31-29+. The summed E-state index contributed by atoms with van der Waals surface area (Å²) in [5.41, 5.74) is 0. The molecule has 1 amide bonds. The summed E-state index contributed by atoms with van der Waals surface area (Å²) in [4.78, 5) is 26.0. The highest BCUT2D eigenvalue weighted by Crippen LogP contribution is 2.16. The lowest BCUT2D eigenvalue weighted by molar-refractivity contribution is -0.151. The first kappa shape index (κ1) is 56.0. The first-order valence-corrected chi connectivity index (χ1v) is 24.4. The number of hydrogen-bond acceptors (Lipinski definition) is 5. The number of nitrogens with one attached hydrogen (secondary N) is 1. The Kier molecular flexibility index (Phi) is 43.8. The summed E-state index contributed by atoms with van der Waals surface area (Å²) < 4.78 is 5.89. The van der Waals surface area contributed by atoms with Gasteiger partial charge in [-0.05, 0) is 70.6 Å². The fourth-order valence-corrected chi connectivity index (χ4v) is 6.91. The van der Waals surface area contributed by atoms with Crippen molar-refractivity contribution in [3.05, 3.63) is 85.1 Å². The third-order valence-electron chi connectivity index (χ3n) is 10.6. The molecule has 0 aromatic heterocycles. The fourth-order valence-electron chi connectivity index (χ4n) is 6.91. The molecule has 0 heterocycles. The summed E-state index contributed by atoms with van der Waals surface area (Å²) in [5.74, 6) is -0.557. The maximum Gasteiger partial charge on any atom is 0.306 e. The number of carbonyl (C=O) groups excluding carboxylic acids is 2. The van der Waals surface area contributed by atoms with E-state index in [9.17, 15) is 19.8 Å². The van der Waals surface area contributed by atoms with Gasteiger partial charge in [0.25, 0.3) is 0 Å². The summed E-state index contributed by atoms with van der Waals surface area (Å²) >= 11 is 0. The van der Waals surface area contributed by atoms with Crippen LogP contribution in [0.4, 0.5) is 0 Å². The number of aliphatic hydroxyl groups is 2. The van der Waals surface area contributed by atoms with Gasteiger partial charge in [-0.2, -0.15) is 0 Å². The van der Waals surface area contributed by atoms with Gasteiger partial charge in [-0.3, -0.25) is 9.59 Å². The minimum absolute atomic E-state index is 0.0378. The topological polar surface area (TPSA) is 95.9 Å². The van der Waals surface area contributed by atoms with Gasteiger partial charge in [-0.1, -0.05) is 215 Å². The molecule has 0 rings (SSSR count). The van der Waals surface area contributed by atoms with Crippen molar-refractivity contribution in [2.24, 2.45) is 0 Å². The van der Waals surface area contributed by atoms with Crippen LogP contribution in [0, 0.1) is 0 Å². The Morgan fingerprint density at radius 1 is 0.508 bits per heavy atom. The molecule has 0 aliphatic carbocycles. The van der Waals surface area contributed by atoms with Crippen molar-refractivity contribution in [1.82, 2.24) is 5.32 Å². The average molecular weight is 822 g/mol. The van der Waals surface area contributed by atoms with E-state index < -0.39 is 18.2 Å². The normalized spacial score (nSPS) is 14.1. The fraction of sp³-hybridized carbons (Fsp3) is 0.698. The number of allylic oxidation sites excluding steroid dienone is 14. The van der Waals surface area contributed by atoms with E-state index in [1.807, 2.05) is 42.5 Å². The Labute approximate surface area is 363 Å². The predicted octanol–water partition coefficient (Wildman–Crippen LogP) is 14.4. The molecule has 3 atom stereocenters. The van der Waals surface area contributed by atoms with Crippen LogP contribution in [0.25, 0.3) is 0 Å². The van der Waals surface area contributed by atoms with Crippen LogP contribution in [0.1, 0.15) is 213 Å². The zero-order valence-electron chi connectivity index (χ0n) is 38.4. The quantitative estimate of drug-likeness (QED) is 0.0324. The number of aliphatic hydroxyl groups excluding tert-OH is 2. The smallest absolute Gasteiger partial charge is 0.306 e. The molecule has 0 bridgehead atoms. The molecular formula is C53H91NO5. The van der Waals surface area contributed by atoms with Crippen LogP contribution < -0.4 is 5.32 Å². The average Bonchev–Trinajstić information content (AvgIpc) is 3.23. The minimum atomic E-state index is -0.805. The van der Waals surface area contributed by atoms with Crippen molar-refractivity contribution in [2.75, 3.05) is 6.61 Å². The van der Waals surface area contributed by atoms with Gasteiger partial charge >= 0.3 is 5.97 Å². The van der Waals surface area contributed by atoms with Crippen LogP contribution in [0.15, 0.2) is 85.1 Å². The van der Waals surface area contributed by atoms with Gasteiger partial charge < -0.3 is 20.3 Å². The molecule has 338 valence electrons. The van der Waals surface area contributed by atoms with Crippen LogP contribution in [0.2, 0.25) is 0 Å². The Hall–Kier alpha value is -2.96. The second-order valence-corrected chi connectivity index (χ2v) is 16.3. The molecule has 6 heteroatoms. The van der Waals surface area contributed by atoms with Gasteiger partial charge in [0.1, 0.15) is 6.10 Å². The number of rotatable bonds is 42. The second-order valence-electron chi connectivity index (χ2n) is 16.3. The lowest BCUT2D eigenvalue weighted by Gasteiger charge is -2.24. The van der Waals surface area contributed by atoms with E-state index in [0.29, 0.717) is 19.3 Å². The highest BCUT2D eigenvalue weighted by molar-refractivity contribution is 5.77. The molecule has 0 aliphatic rings. The molecule has 0 fully saturated rings. The summed E-state index contributed by atoms with van der Waals surface area (Å²) in [6.45, 7) is 6.28. The monoisotopic (exact) mass is 822 g/mol. The van der Waals surface area contributed by atoms with E-state index in [2.05, 4.69) is 68.6 Å². The van der Waals surface area contributed by atoms with Gasteiger partial charge in [0.05, 0.1) is 25.2 Å². The lowest BCUT2D eigenvalue weighted by atomic mass is 10.0. The highest BCUT2D eigenvalue weighted by atomic mass is 16.5. The van der Waals surface area contributed by atoms with E-state index in [4.69, 9.17) is 4.74 Å². The molecule has 0 spiro atoms. The van der Waals surface area contributed by atoms with Crippen molar-refractivity contribution >= 4 is 11.9 Å². The first-order chi connectivity index (χ1) is 29.0. The van der Waals surface area contributed by atoms with E-state index in [1.54, 1.807) is 0 Å². The number of carbonyl (C=O) groups is 2. The largest absolute Gasteiger partial charge is 0.462 e. The van der Waals surface area contributed by atoms with E-state index in [-0.39, 0.29) is 24.9 Å². The number of unbranched alkanes of at least 4 members (excludes halogenated alkanes) is 21. The van der Waals surface area contributed by atoms with Gasteiger partial charge in [-0.25, -0.2) is 0 Å². The Balaban J connectivity index is 4.75. The molecule has 3 N–H and O–H groups in total. The highest BCUT2D eigenvalue weighted by Gasteiger charge is 2.24. The molecule has 0 aromatic carbocycles. The zero-order valence-corrected chi connectivity index (χ0v) is 38.4. The maximum atomic E-state index is 13.2. The second kappa shape index (κ2) is 46.1. The Bertz CT molecular complexity index is 1150. The maximum absolute atomic E-state index is 13.2. The summed E-state index contributed by atoms with van der Waals surface area (Å²) in [6.07, 6.45) is 59.3. The molecule has 3 unspecified atom stereocenters. The first-order valence-electron chi connectivity index (χ1n) is 24.4. The van der Waals surface area contributed by atoms with Crippen molar-refractivity contribution in [3.8, 4) is 0 Å². The molecule has 0 aliphatic heterocycles. The zero-order chi connectivity index (χ0) is 43.1. The molecule has 0 radical (unpaired) electrons. The van der Waals surface area contributed by atoms with E-state index >= 15 is 0 Å². The molecule has 0 saturated carbocycles. The minimum Gasteiger partial charge on any atom is -0.462 e. The van der Waals surface area contributed by atoms with Gasteiger partial charge in [-0.15, -0.1) is 0 Å². The van der Waals surface area contributed by atoms with Crippen molar-refractivity contribution in [3.63, 3.8) is 0 Å². The van der Waals surface area contributed by atoms with Crippen LogP contribution in [0.3, 0.4) is 0 Å². The van der Waals surface area contributed by atoms with Crippen LogP contribution in [0.5, 0.6) is 0 Å². The van der Waals surface area contributed by atoms with E-state index in [1.165, 1.54) is 83.5 Å². The van der Waals surface area contributed by atoms with Gasteiger partial charge in [0, 0.05) is 6.42 Å². The number of esters is 1. The lowest BCUT2D eigenvalue weighted by Crippen LogP contribution is -2.46. The SMILES string of the molecule is CC/C=C/C=C/C=C\C=C/C=C/CCCCCC(=O)OC(CCCCC/C=C/C=C/CCCCCCCCC)CC(=O)NC(CO)C(O)CCCCCCCCCCC. The van der Waals surface area contributed by atoms with Crippen molar-refractivity contribution in [1.29, 1.82) is 0 Å². The summed E-state index contributed by atoms with van der Waals surface area (Å²) in [7, 11) is 0. The third-order valence-corrected chi connectivity index (χ3v) is 10.6. The molecule has 0 saturated heterocycles. The molecule has 59 heavy (non-hydrogen) atoms. The number of hydrogen-bond donors (Lipinski definition) is 3. The molecular weight excluding hydrogens is 731 g/mol. The molecule has 0 aromatic rings. The summed E-state index contributed by atoms with van der Waals surface area (Å²) in [5, 5.41) is 23.6. The number of amides is 1. The molecule has 6 nitrogen and oxygen atoms in total. The van der Waals surface area contributed by atoms with Gasteiger partial charge in [0.2, 0.25) is 5.91 Å². The number of ether oxygens (including phenoxy) is 1. The van der Waals surface area contributed by atoms with Crippen molar-refractivity contribution < 1.29 is 24.5 Å². The summed E-state index contributed by atoms with van der Waals surface area (Å²) in [6, 6.07) is -0.722. The van der Waals surface area contributed by atoms with Crippen LogP contribution in [-0.2, 0) is 14.3 Å².